The Kier molecular flexibility index (Phi) is 5.25. The van der Waals surface area contributed by atoms with Gasteiger partial charge in [0.2, 0.25) is 0 Å². The molecule has 0 bridgehead atoms. The first-order valence-electron chi connectivity index (χ1n) is 6.25. The maximum absolute atomic E-state index is 11.4. The van der Waals surface area contributed by atoms with Gasteiger partial charge in [0.25, 0.3) is 0 Å². The van der Waals surface area contributed by atoms with Crippen molar-refractivity contribution >= 4 is 12.0 Å². The van der Waals surface area contributed by atoms with Crippen LogP contribution in [0.2, 0.25) is 0 Å². The van der Waals surface area contributed by atoms with Crippen LogP contribution in [0.4, 0.5) is 4.79 Å². The number of nitrogens with one attached hydrogen (secondary N) is 2. The van der Waals surface area contributed by atoms with Gasteiger partial charge < -0.3 is 15.7 Å². The highest BCUT2D eigenvalue weighted by Crippen LogP contribution is 2.35. The second kappa shape index (κ2) is 6.47. The fourth-order valence-electron chi connectivity index (χ4n) is 1.67. The minimum absolute atomic E-state index is 0.199. The predicted molar refractivity (Wildman–Crippen MR) is 64.7 cm³/mol. The summed E-state index contributed by atoms with van der Waals surface area (Å²) < 4.78 is 0. The maximum Gasteiger partial charge on any atom is 0.314 e. The molecular weight excluding hydrogens is 220 g/mol. The quantitative estimate of drug-likeness (QED) is 0.632. The van der Waals surface area contributed by atoms with Gasteiger partial charge >= 0.3 is 12.0 Å². The molecule has 1 aliphatic carbocycles. The third-order valence-corrected chi connectivity index (χ3v) is 3.30. The second-order valence-electron chi connectivity index (χ2n) is 4.98. The summed E-state index contributed by atoms with van der Waals surface area (Å²) >= 11 is 0. The summed E-state index contributed by atoms with van der Waals surface area (Å²) in [4.78, 5) is 21.9. The summed E-state index contributed by atoms with van der Waals surface area (Å²) in [7, 11) is 0. The first-order valence-corrected chi connectivity index (χ1v) is 6.25. The molecule has 5 nitrogen and oxygen atoms in total. The fraction of sp³-hybridized carbons (Fsp3) is 0.833. The van der Waals surface area contributed by atoms with Crippen LogP contribution in [0.25, 0.3) is 0 Å². The van der Waals surface area contributed by atoms with E-state index in [0.29, 0.717) is 25.4 Å². The van der Waals surface area contributed by atoms with Gasteiger partial charge in [0.05, 0.1) is 5.92 Å². The first-order chi connectivity index (χ1) is 8.00. The zero-order valence-electron chi connectivity index (χ0n) is 10.5. The lowest BCUT2D eigenvalue weighted by Crippen LogP contribution is -2.39. The van der Waals surface area contributed by atoms with Crippen LogP contribution in [0.15, 0.2) is 0 Å². The maximum atomic E-state index is 11.4. The van der Waals surface area contributed by atoms with Gasteiger partial charge in [-0.2, -0.15) is 0 Å². The zero-order chi connectivity index (χ0) is 12.8. The molecule has 0 aromatic carbocycles. The summed E-state index contributed by atoms with van der Waals surface area (Å²) in [6.07, 6.45) is 3.02. The van der Waals surface area contributed by atoms with E-state index in [1.54, 1.807) is 6.92 Å². The Hall–Kier alpha value is -1.26. The highest BCUT2D eigenvalue weighted by atomic mass is 16.4. The van der Waals surface area contributed by atoms with Crippen molar-refractivity contribution in [2.75, 3.05) is 13.1 Å². The van der Waals surface area contributed by atoms with Gasteiger partial charge in [-0.1, -0.05) is 13.8 Å². The van der Waals surface area contributed by atoms with Gasteiger partial charge in [-0.05, 0) is 31.1 Å². The summed E-state index contributed by atoms with van der Waals surface area (Å²) in [5.74, 6) is 0.0799. The third kappa shape index (κ3) is 5.56. The smallest absolute Gasteiger partial charge is 0.314 e. The van der Waals surface area contributed by atoms with E-state index in [2.05, 4.69) is 17.6 Å². The van der Waals surface area contributed by atoms with Crippen LogP contribution in [-0.2, 0) is 4.79 Å². The molecule has 1 fully saturated rings. The molecule has 17 heavy (non-hydrogen) atoms. The van der Waals surface area contributed by atoms with Crippen LogP contribution < -0.4 is 10.6 Å². The Bertz CT molecular complexity index is 277. The molecule has 5 heteroatoms. The molecule has 0 saturated heterocycles. The number of hydrogen-bond donors (Lipinski definition) is 3. The van der Waals surface area contributed by atoms with Crippen molar-refractivity contribution in [3.63, 3.8) is 0 Å². The number of amides is 2. The van der Waals surface area contributed by atoms with Crippen molar-refractivity contribution in [2.45, 2.75) is 33.1 Å². The molecule has 0 aliphatic heterocycles. The van der Waals surface area contributed by atoms with Crippen LogP contribution in [-0.4, -0.2) is 30.2 Å². The Morgan fingerprint density at radius 1 is 1.29 bits per heavy atom. The van der Waals surface area contributed by atoms with Crippen LogP contribution in [0.5, 0.6) is 0 Å². The Balaban J connectivity index is 2.02. The molecule has 0 heterocycles. The second-order valence-corrected chi connectivity index (χ2v) is 4.98. The normalized spacial score (nSPS) is 18.2. The van der Waals surface area contributed by atoms with Crippen LogP contribution in [0, 0.1) is 17.8 Å². The van der Waals surface area contributed by atoms with Gasteiger partial charge in [0.15, 0.2) is 0 Å². The first kappa shape index (κ1) is 13.8. The standard InChI is InChI=1S/C12H22N2O3/c1-8(11(15)16)5-6-13-12(17)14-7-9(2)10-3-4-10/h8-10H,3-7H2,1-2H3,(H,15,16)(H2,13,14,17). The van der Waals surface area contributed by atoms with E-state index in [4.69, 9.17) is 5.11 Å². The highest BCUT2D eigenvalue weighted by molar-refractivity contribution is 5.74. The largest absolute Gasteiger partial charge is 0.481 e. The lowest BCUT2D eigenvalue weighted by atomic mass is 10.1. The van der Waals surface area contributed by atoms with E-state index in [1.807, 2.05) is 0 Å². The van der Waals surface area contributed by atoms with Crippen molar-refractivity contribution in [3.8, 4) is 0 Å². The van der Waals surface area contributed by atoms with Crippen molar-refractivity contribution in [3.05, 3.63) is 0 Å². The van der Waals surface area contributed by atoms with E-state index >= 15 is 0 Å². The molecule has 0 aromatic rings. The number of rotatable bonds is 7. The molecule has 2 atom stereocenters. The zero-order valence-corrected chi connectivity index (χ0v) is 10.5. The van der Waals surface area contributed by atoms with E-state index < -0.39 is 11.9 Å². The number of urea groups is 1. The number of carbonyl (C=O) groups is 2. The lowest BCUT2D eigenvalue weighted by molar-refractivity contribution is -0.141. The SMILES string of the molecule is CC(CCNC(=O)NCC(C)C1CC1)C(=O)O. The van der Waals surface area contributed by atoms with Gasteiger partial charge in [-0.3, -0.25) is 4.79 Å². The molecule has 0 spiro atoms. The molecule has 1 aliphatic rings. The number of hydrogen-bond acceptors (Lipinski definition) is 2. The molecule has 98 valence electrons. The number of carboxylic acid groups (broad SMARTS) is 1. The minimum atomic E-state index is -0.824. The molecule has 0 aromatic heterocycles. The number of aliphatic carboxylic acids is 1. The van der Waals surface area contributed by atoms with E-state index in [0.717, 1.165) is 5.92 Å². The molecular formula is C12H22N2O3. The Morgan fingerprint density at radius 3 is 2.47 bits per heavy atom. The monoisotopic (exact) mass is 242 g/mol. The van der Waals surface area contributed by atoms with Crippen LogP contribution in [0.1, 0.15) is 33.1 Å². The topological polar surface area (TPSA) is 78.4 Å². The predicted octanol–water partition coefficient (Wildman–Crippen LogP) is 1.44. The van der Waals surface area contributed by atoms with Gasteiger partial charge in [0, 0.05) is 13.1 Å². The molecule has 3 N–H and O–H groups in total. The van der Waals surface area contributed by atoms with E-state index in [9.17, 15) is 9.59 Å². The third-order valence-electron chi connectivity index (χ3n) is 3.30. The van der Waals surface area contributed by atoms with Crippen molar-refractivity contribution < 1.29 is 14.7 Å². The van der Waals surface area contributed by atoms with Crippen molar-refractivity contribution in [2.24, 2.45) is 17.8 Å². The average molecular weight is 242 g/mol. The van der Waals surface area contributed by atoms with E-state index in [1.165, 1.54) is 12.8 Å². The fourth-order valence-corrected chi connectivity index (χ4v) is 1.67. The lowest BCUT2D eigenvalue weighted by Gasteiger charge is -2.12. The molecule has 0 radical (unpaired) electrons. The van der Waals surface area contributed by atoms with E-state index in [-0.39, 0.29) is 6.03 Å². The summed E-state index contributed by atoms with van der Waals surface area (Å²) in [5, 5.41) is 14.1. The Morgan fingerprint density at radius 2 is 1.94 bits per heavy atom. The molecule has 1 saturated carbocycles. The van der Waals surface area contributed by atoms with Crippen LogP contribution in [0.3, 0.4) is 0 Å². The number of carboxylic acids is 1. The van der Waals surface area contributed by atoms with Gasteiger partial charge in [0.1, 0.15) is 0 Å². The molecule has 2 amide bonds. The Labute approximate surface area is 102 Å². The summed E-state index contributed by atoms with van der Waals surface area (Å²) in [5.41, 5.74) is 0. The summed E-state index contributed by atoms with van der Waals surface area (Å²) in [6.45, 7) is 4.88. The average Bonchev–Trinajstić information content (AvgIpc) is 3.09. The van der Waals surface area contributed by atoms with Crippen LogP contribution >= 0.6 is 0 Å². The van der Waals surface area contributed by atoms with Crippen molar-refractivity contribution in [1.82, 2.24) is 10.6 Å². The van der Waals surface area contributed by atoms with Gasteiger partial charge in [-0.25, -0.2) is 4.79 Å². The molecule has 1 rings (SSSR count). The van der Waals surface area contributed by atoms with Crippen molar-refractivity contribution in [1.29, 1.82) is 0 Å². The highest BCUT2D eigenvalue weighted by Gasteiger charge is 2.27. The van der Waals surface area contributed by atoms with Gasteiger partial charge in [-0.15, -0.1) is 0 Å². The number of carbonyl (C=O) groups excluding carboxylic acids is 1. The molecule has 2 unspecified atom stereocenters. The summed E-state index contributed by atoms with van der Waals surface area (Å²) in [6, 6.07) is -0.199. The minimum Gasteiger partial charge on any atom is -0.481 e.